The molecule has 0 fully saturated rings. The molecule has 0 unspecified atom stereocenters. The second kappa shape index (κ2) is 14.0. The van der Waals surface area contributed by atoms with Crippen LogP contribution in [0, 0.1) is 0 Å². The molecule has 8 nitrogen and oxygen atoms in total. The number of rotatable bonds is 11. The molecule has 2 aromatic heterocycles. The van der Waals surface area contributed by atoms with Gasteiger partial charge < -0.3 is 9.84 Å². The molecule has 8 heteroatoms. The summed E-state index contributed by atoms with van der Waals surface area (Å²) in [4.78, 5) is 0. The molecule has 1 N–H and O–H groups in total. The van der Waals surface area contributed by atoms with Gasteiger partial charge in [-0.25, -0.2) is 0 Å². The summed E-state index contributed by atoms with van der Waals surface area (Å²) in [5, 5.41) is 24.5. The fourth-order valence-electron chi connectivity index (χ4n) is 3.65. The Morgan fingerprint density at radius 1 is 0.694 bits per heavy atom. The van der Waals surface area contributed by atoms with Gasteiger partial charge in [0.1, 0.15) is 17.1 Å². The van der Waals surface area contributed by atoms with Crippen molar-refractivity contribution in [1.82, 2.24) is 30.0 Å². The van der Waals surface area contributed by atoms with Crippen LogP contribution >= 0.6 is 0 Å². The smallest absolute Gasteiger partial charge is 0.120 e. The SMILES string of the molecule is CC(C)(C)Oc1ccc(CCCCn2ccnn2)cc1.Oc1ccc(CCCCn2ccnn2)cc1. The van der Waals surface area contributed by atoms with E-state index in [9.17, 15) is 0 Å². The largest absolute Gasteiger partial charge is 0.508 e. The normalized spacial score (nSPS) is 11.1. The zero-order chi connectivity index (χ0) is 25.6. The number of phenolic OH excluding ortho intramolecular Hbond substituents is 1. The zero-order valence-electron chi connectivity index (χ0n) is 21.6. The summed E-state index contributed by atoms with van der Waals surface area (Å²) in [6.07, 6.45) is 13.8. The fraction of sp³-hybridized carbons (Fsp3) is 0.429. The average molecular weight is 491 g/mol. The van der Waals surface area contributed by atoms with E-state index in [1.165, 1.54) is 11.1 Å². The maximum absolute atomic E-state index is 9.13. The third-order valence-corrected chi connectivity index (χ3v) is 5.43. The van der Waals surface area contributed by atoms with Crippen LogP contribution in [-0.4, -0.2) is 40.7 Å². The Labute approximate surface area is 213 Å². The van der Waals surface area contributed by atoms with Crippen molar-refractivity contribution >= 4 is 0 Å². The van der Waals surface area contributed by atoms with Gasteiger partial charge in [-0.3, -0.25) is 9.36 Å². The van der Waals surface area contributed by atoms with E-state index < -0.39 is 0 Å². The lowest BCUT2D eigenvalue weighted by Crippen LogP contribution is -2.22. The van der Waals surface area contributed by atoms with Gasteiger partial charge in [0.2, 0.25) is 0 Å². The van der Waals surface area contributed by atoms with E-state index in [-0.39, 0.29) is 5.60 Å². The van der Waals surface area contributed by atoms with E-state index in [2.05, 4.69) is 65.7 Å². The van der Waals surface area contributed by atoms with Crippen LogP contribution in [0.25, 0.3) is 0 Å². The molecule has 0 spiro atoms. The summed E-state index contributed by atoms with van der Waals surface area (Å²) >= 11 is 0. The Kier molecular flexibility index (Phi) is 10.5. The van der Waals surface area contributed by atoms with Crippen LogP contribution in [0.3, 0.4) is 0 Å². The molecular formula is C28H38N6O2. The van der Waals surface area contributed by atoms with Gasteiger partial charge in [0.25, 0.3) is 0 Å². The first-order chi connectivity index (χ1) is 17.4. The van der Waals surface area contributed by atoms with Crippen molar-refractivity contribution in [2.45, 2.75) is 78.0 Å². The highest BCUT2D eigenvalue weighted by atomic mass is 16.5. The first kappa shape index (κ1) is 26.9. The minimum absolute atomic E-state index is 0.140. The van der Waals surface area contributed by atoms with Crippen molar-refractivity contribution < 1.29 is 9.84 Å². The summed E-state index contributed by atoms with van der Waals surface area (Å²) in [5.41, 5.74) is 2.47. The molecule has 2 aromatic carbocycles. The standard InChI is InChI=1S/C16H23N3O.C12H15N3O/c1-16(2,3)20-15-9-7-14(8-10-15)6-4-5-12-19-13-11-17-18-19;16-12-6-4-11(5-7-12)3-1-2-9-15-10-8-13-14-15/h7-11,13H,4-6,12H2,1-3H3;4-8,10,16H,1-3,9H2. The molecule has 0 bridgehead atoms. The Morgan fingerprint density at radius 2 is 1.17 bits per heavy atom. The molecule has 2 heterocycles. The van der Waals surface area contributed by atoms with Gasteiger partial charge in [0, 0.05) is 25.5 Å². The molecule has 0 amide bonds. The number of nitrogens with zero attached hydrogens (tertiary/aromatic N) is 6. The van der Waals surface area contributed by atoms with Gasteiger partial charge in [-0.2, -0.15) is 0 Å². The van der Waals surface area contributed by atoms with Crippen molar-refractivity contribution in [3.05, 3.63) is 84.4 Å². The highest BCUT2D eigenvalue weighted by Gasteiger charge is 2.11. The Hall–Kier alpha value is -3.68. The number of unbranched alkanes of at least 4 members (excludes halogenated alkanes) is 2. The lowest BCUT2D eigenvalue weighted by molar-refractivity contribution is 0.131. The zero-order valence-corrected chi connectivity index (χ0v) is 21.6. The fourth-order valence-corrected chi connectivity index (χ4v) is 3.65. The van der Waals surface area contributed by atoms with Crippen LogP contribution in [0.2, 0.25) is 0 Å². The summed E-state index contributed by atoms with van der Waals surface area (Å²) < 4.78 is 9.53. The summed E-state index contributed by atoms with van der Waals surface area (Å²) in [6.45, 7) is 8.03. The summed E-state index contributed by atoms with van der Waals surface area (Å²) in [7, 11) is 0. The Morgan fingerprint density at radius 3 is 1.58 bits per heavy atom. The second-order valence-corrected chi connectivity index (χ2v) is 9.77. The molecule has 36 heavy (non-hydrogen) atoms. The molecular weight excluding hydrogens is 452 g/mol. The lowest BCUT2D eigenvalue weighted by Gasteiger charge is -2.21. The van der Waals surface area contributed by atoms with E-state index in [1.807, 2.05) is 33.9 Å². The van der Waals surface area contributed by atoms with E-state index in [0.717, 1.165) is 57.4 Å². The highest BCUT2D eigenvalue weighted by molar-refractivity contribution is 5.28. The Balaban J connectivity index is 0.000000205. The van der Waals surface area contributed by atoms with Crippen molar-refractivity contribution in [1.29, 1.82) is 0 Å². The molecule has 0 aliphatic rings. The van der Waals surface area contributed by atoms with Gasteiger partial charge in [0.05, 0.1) is 12.4 Å². The predicted molar refractivity (Wildman–Crippen MR) is 141 cm³/mol. The van der Waals surface area contributed by atoms with Gasteiger partial charge >= 0.3 is 0 Å². The van der Waals surface area contributed by atoms with Crippen molar-refractivity contribution in [3.63, 3.8) is 0 Å². The summed E-state index contributed by atoms with van der Waals surface area (Å²) in [6, 6.07) is 15.8. The second-order valence-electron chi connectivity index (χ2n) is 9.77. The molecule has 0 saturated carbocycles. The highest BCUT2D eigenvalue weighted by Crippen LogP contribution is 2.19. The first-order valence-corrected chi connectivity index (χ1v) is 12.6. The van der Waals surface area contributed by atoms with Gasteiger partial charge in [-0.15, -0.1) is 10.2 Å². The number of benzene rings is 2. The van der Waals surface area contributed by atoms with Crippen LogP contribution in [0.5, 0.6) is 11.5 Å². The molecule has 0 atom stereocenters. The number of hydrogen-bond acceptors (Lipinski definition) is 6. The van der Waals surface area contributed by atoms with E-state index in [4.69, 9.17) is 9.84 Å². The molecule has 4 aromatic rings. The number of aromatic hydroxyl groups is 1. The lowest BCUT2D eigenvalue weighted by atomic mass is 10.1. The maximum atomic E-state index is 9.13. The quantitative estimate of drug-likeness (QED) is 0.280. The van der Waals surface area contributed by atoms with Gasteiger partial charge in [0.15, 0.2) is 0 Å². The molecule has 192 valence electrons. The number of aryl methyl sites for hydroxylation is 4. The average Bonchev–Trinajstić information content (AvgIpc) is 3.56. The van der Waals surface area contributed by atoms with Crippen molar-refractivity contribution in [2.24, 2.45) is 0 Å². The number of hydrogen-bond donors (Lipinski definition) is 1. The van der Waals surface area contributed by atoms with Crippen LogP contribution in [0.15, 0.2) is 73.3 Å². The monoisotopic (exact) mass is 490 g/mol. The number of ether oxygens (including phenoxy) is 1. The predicted octanol–water partition coefficient (Wildman–Crippen LogP) is 5.48. The number of aromatic nitrogens is 6. The van der Waals surface area contributed by atoms with Gasteiger partial charge in [-0.05, 0) is 94.7 Å². The molecule has 0 aliphatic carbocycles. The molecule has 4 rings (SSSR count). The maximum Gasteiger partial charge on any atom is 0.120 e. The molecule has 0 aliphatic heterocycles. The van der Waals surface area contributed by atoms with Crippen molar-refractivity contribution in [2.75, 3.05) is 0 Å². The third kappa shape index (κ3) is 10.7. The van der Waals surface area contributed by atoms with Gasteiger partial charge in [-0.1, -0.05) is 34.7 Å². The molecule has 0 saturated heterocycles. The van der Waals surface area contributed by atoms with Crippen molar-refractivity contribution in [3.8, 4) is 11.5 Å². The number of phenols is 1. The van der Waals surface area contributed by atoms with Crippen LogP contribution < -0.4 is 4.74 Å². The van der Waals surface area contributed by atoms with Crippen LogP contribution in [0.1, 0.15) is 57.6 Å². The minimum atomic E-state index is -0.140. The Bertz CT molecular complexity index is 1090. The molecule has 0 radical (unpaired) electrons. The van der Waals surface area contributed by atoms with E-state index in [1.54, 1.807) is 24.5 Å². The third-order valence-electron chi connectivity index (χ3n) is 5.43. The topological polar surface area (TPSA) is 90.9 Å². The minimum Gasteiger partial charge on any atom is -0.508 e. The summed E-state index contributed by atoms with van der Waals surface area (Å²) in [5.74, 6) is 1.26. The van der Waals surface area contributed by atoms with Crippen LogP contribution in [-0.2, 0) is 25.9 Å². The van der Waals surface area contributed by atoms with E-state index >= 15 is 0 Å². The first-order valence-electron chi connectivity index (χ1n) is 12.6. The van der Waals surface area contributed by atoms with E-state index in [0.29, 0.717) is 5.75 Å². The van der Waals surface area contributed by atoms with Crippen LogP contribution in [0.4, 0.5) is 0 Å².